The van der Waals surface area contributed by atoms with Crippen LogP contribution < -0.4 is 0 Å². The zero-order chi connectivity index (χ0) is 13.1. The second-order valence-electron chi connectivity index (χ2n) is 4.53. The second kappa shape index (κ2) is 5.89. The maximum absolute atomic E-state index is 12.3. The Morgan fingerprint density at radius 1 is 1.50 bits per heavy atom. The Bertz CT molecular complexity index is 447. The van der Waals surface area contributed by atoms with Gasteiger partial charge in [0.15, 0.2) is 10.9 Å². The zero-order valence-corrected chi connectivity index (χ0v) is 12.1. The molecule has 1 aromatic heterocycles. The molecule has 4 nitrogen and oxygen atoms in total. The highest BCUT2D eigenvalue weighted by Gasteiger charge is 2.24. The minimum absolute atomic E-state index is 0.0791. The van der Waals surface area contributed by atoms with E-state index in [1.807, 2.05) is 11.2 Å². The van der Waals surface area contributed by atoms with Crippen molar-refractivity contribution in [1.29, 1.82) is 0 Å². The summed E-state index contributed by atoms with van der Waals surface area (Å²) in [6.45, 7) is 3.79. The van der Waals surface area contributed by atoms with Crippen LogP contribution in [0.15, 0.2) is 11.4 Å². The fraction of sp³-hybridized carbons (Fsp3) is 0.583. The summed E-state index contributed by atoms with van der Waals surface area (Å²) in [4.78, 5) is 22.4. The number of piperidine rings is 1. The lowest BCUT2D eigenvalue weighted by Gasteiger charge is -2.30. The monoisotopic (exact) mass is 285 g/mol. The third-order valence-corrected chi connectivity index (χ3v) is 4.02. The summed E-state index contributed by atoms with van der Waals surface area (Å²) in [5.74, 6) is 0.612. The molecule has 1 aromatic rings. The quantitative estimate of drug-likeness (QED) is 0.619. The second-order valence-corrected chi connectivity index (χ2v) is 5.71. The summed E-state index contributed by atoms with van der Waals surface area (Å²) in [5.41, 5.74) is 0.325. The number of likely N-dealkylation sites (tertiary alicyclic amines) is 1. The average molecular weight is 286 g/mol. The van der Waals surface area contributed by atoms with Crippen LogP contribution in [0.3, 0.4) is 0 Å². The summed E-state index contributed by atoms with van der Waals surface area (Å²) in [6.07, 6.45) is 5.47. The number of amides is 1. The first-order valence-electron chi connectivity index (χ1n) is 5.97. The minimum Gasteiger partial charge on any atom is -0.337 e. The molecule has 2 rings (SSSR count). The molecule has 0 unspecified atom stereocenters. The van der Waals surface area contributed by atoms with Gasteiger partial charge in [0.2, 0.25) is 0 Å². The van der Waals surface area contributed by atoms with Crippen molar-refractivity contribution in [1.82, 2.24) is 14.9 Å². The summed E-state index contributed by atoms with van der Waals surface area (Å²) >= 11 is 7.42. The Hall–Kier alpha value is -0.810. The molecule has 0 saturated carbocycles. The molecule has 1 aliphatic heterocycles. The van der Waals surface area contributed by atoms with E-state index in [1.165, 1.54) is 18.0 Å². The van der Waals surface area contributed by atoms with Crippen molar-refractivity contribution in [3.63, 3.8) is 0 Å². The predicted octanol–water partition coefficient (Wildman–Crippen LogP) is 2.72. The predicted molar refractivity (Wildman–Crippen MR) is 73.1 cm³/mol. The number of rotatable bonds is 2. The molecule has 0 radical (unpaired) electrons. The van der Waals surface area contributed by atoms with Crippen LogP contribution in [0.2, 0.25) is 5.02 Å². The summed E-state index contributed by atoms with van der Waals surface area (Å²) < 4.78 is 0. The Morgan fingerprint density at radius 3 is 2.78 bits per heavy atom. The molecule has 1 saturated heterocycles. The van der Waals surface area contributed by atoms with Crippen molar-refractivity contribution in [3.05, 3.63) is 16.9 Å². The Kier molecular flexibility index (Phi) is 4.45. The van der Waals surface area contributed by atoms with Crippen molar-refractivity contribution in [2.45, 2.75) is 24.9 Å². The van der Waals surface area contributed by atoms with E-state index in [-0.39, 0.29) is 5.91 Å². The summed E-state index contributed by atoms with van der Waals surface area (Å²) in [7, 11) is 0. The molecule has 1 aliphatic rings. The highest BCUT2D eigenvalue weighted by atomic mass is 35.5. The van der Waals surface area contributed by atoms with E-state index < -0.39 is 0 Å². The van der Waals surface area contributed by atoms with Gasteiger partial charge in [0.1, 0.15) is 0 Å². The topological polar surface area (TPSA) is 46.1 Å². The number of hydrogen-bond acceptors (Lipinski definition) is 4. The van der Waals surface area contributed by atoms with Crippen molar-refractivity contribution in [2.24, 2.45) is 5.92 Å². The van der Waals surface area contributed by atoms with Gasteiger partial charge in [-0.1, -0.05) is 30.3 Å². The van der Waals surface area contributed by atoms with Gasteiger partial charge in [-0.05, 0) is 25.0 Å². The van der Waals surface area contributed by atoms with Gasteiger partial charge in [0, 0.05) is 13.1 Å². The van der Waals surface area contributed by atoms with Gasteiger partial charge in [0.25, 0.3) is 5.91 Å². The van der Waals surface area contributed by atoms with Crippen LogP contribution in [-0.2, 0) is 0 Å². The summed E-state index contributed by atoms with van der Waals surface area (Å²) in [5, 5.41) is 0.907. The van der Waals surface area contributed by atoms with E-state index in [4.69, 9.17) is 11.6 Å². The minimum atomic E-state index is -0.0791. The first-order chi connectivity index (χ1) is 8.61. The molecule has 0 aliphatic carbocycles. The van der Waals surface area contributed by atoms with Crippen LogP contribution in [0.4, 0.5) is 0 Å². The van der Waals surface area contributed by atoms with E-state index in [0.717, 1.165) is 25.9 Å². The molecule has 2 heterocycles. The first-order valence-corrected chi connectivity index (χ1v) is 7.58. The lowest BCUT2D eigenvalue weighted by molar-refractivity contribution is 0.0690. The Morgan fingerprint density at radius 2 is 2.17 bits per heavy atom. The van der Waals surface area contributed by atoms with E-state index in [9.17, 15) is 4.79 Å². The fourth-order valence-corrected chi connectivity index (χ4v) is 2.47. The van der Waals surface area contributed by atoms with Crippen molar-refractivity contribution >= 4 is 29.3 Å². The molecule has 98 valence electrons. The van der Waals surface area contributed by atoms with Gasteiger partial charge in [0.05, 0.1) is 11.2 Å². The molecule has 0 spiro atoms. The SMILES string of the molecule is CSc1ncc(Cl)c(C(=O)N2CCC(C)CC2)n1. The van der Waals surface area contributed by atoms with Gasteiger partial charge >= 0.3 is 0 Å². The number of aromatic nitrogens is 2. The standard InChI is InChI=1S/C12H16ClN3OS/c1-8-3-5-16(6-4-8)11(17)10-9(13)7-14-12(15-10)18-2/h7-8H,3-6H2,1-2H3. The Balaban J connectivity index is 2.17. The van der Waals surface area contributed by atoms with Gasteiger partial charge in [-0.25, -0.2) is 9.97 Å². The molecule has 0 atom stereocenters. The Labute approximate surface area is 116 Å². The number of nitrogens with zero attached hydrogens (tertiary/aromatic N) is 3. The van der Waals surface area contributed by atoms with E-state index in [1.54, 1.807) is 0 Å². The molecule has 1 amide bonds. The zero-order valence-electron chi connectivity index (χ0n) is 10.5. The lowest BCUT2D eigenvalue weighted by Crippen LogP contribution is -2.38. The smallest absolute Gasteiger partial charge is 0.274 e. The third-order valence-electron chi connectivity index (χ3n) is 3.18. The normalized spacial score (nSPS) is 16.9. The van der Waals surface area contributed by atoms with E-state index >= 15 is 0 Å². The third kappa shape index (κ3) is 2.95. The fourth-order valence-electron chi connectivity index (χ4n) is 1.96. The molecule has 6 heteroatoms. The molecule has 1 fully saturated rings. The molecule has 0 bridgehead atoms. The maximum Gasteiger partial charge on any atom is 0.274 e. The number of hydrogen-bond donors (Lipinski definition) is 0. The van der Waals surface area contributed by atoms with E-state index in [0.29, 0.717) is 21.8 Å². The molecule has 0 aromatic carbocycles. The van der Waals surface area contributed by atoms with Gasteiger partial charge in [-0.2, -0.15) is 0 Å². The van der Waals surface area contributed by atoms with Crippen LogP contribution in [0.25, 0.3) is 0 Å². The van der Waals surface area contributed by atoms with Crippen LogP contribution in [-0.4, -0.2) is 40.1 Å². The lowest BCUT2D eigenvalue weighted by atomic mass is 9.99. The molecular weight excluding hydrogens is 270 g/mol. The van der Waals surface area contributed by atoms with E-state index in [2.05, 4.69) is 16.9 Å². The van der Waals surface area contributed by atoms with Crippen molar-refractivity contribution in [2.75, 3.05) is 19.3 Å². The van der Waals surface area contributed by atoms with Crippen molar-refractivity contribution in [3.8, 4) is 0 Å². The molecule has 18 heavy (non-hydrogen) atoms. The molecule has 0 N–H and O–H groups in total. The van der Waals surface area contributed by atoms with Crippen LogP contribution in [0.5, 0.6) is 0 Å². The number of carbonyl (C=O) groups excluding carboxylic acids is 1. The number of halogens is 1. The van der Waals surface area contributed by atoms with Gasteiger partial charge in [-0.3, -0.25) is 4.79 Å². The number of carbonyl (C=O) groups is 1. The van der Waals surface area contributed by atoms with Crippen LogP contribution in [0.1, 0.15) is 30.3 Å². The molecular formula is C12H16ClN3OS. The maximum atomic E-state index is 12.3. The van der Waals surface area contributed by atoms with Crippen LogP contribution >= 0.6 is 23.4 Å². The van der Waals surface area contributed by atoms with Crippen LogP contribution in [0, 0.1) is 5.92 Å². The summed E-state index contributed by atoms with van der Waals surface area (Å²) in [6, 6.07) is 0. The van der Waals surface area contributed by atoms with Gasteiger partial charge in [-0.15, -0.1) is 0 Å². The number of thioether (sulfide) groups is 1. The van der Waals surface area contributed by atoms with Gasteiger partial charge < -0.3 is 4.90 Å². The first kappa shape index (κ1) is 13.6. The largest absolute Gasteiger partial charge is 0.337 e. The average Bonchev–Trinajstić information content (AvgIpc) is 2.39. The highest BCUT2D eigenvalue weighted by Crippen LogP contribution is 2.22. The van der Waals surface area contributed by atoms with Crippen molar-refractivity contribution < 1.29 is 4.79 Å². The highest BCUT2D eigenvalue weighted by molar-refractivity contribution is 7.98.